The van der Waals surface area contributed by atoms with Crippen LogP contribution < -0.4 is 0 Å². The van der Waals surface area contributed by atoms with E-state index in [9.17, 15) is 9.59 Å². The highest BCUT2D eigenvalue weighted by Crippen LogP contribution is 2.60. The molecule has 0 N–H and O–H groups in total. The van der Waals surface area contributed by atoms with Gasteiger partial charge in [0.25, 0.3) is 0 Å². The largest absolute Gasteiger partial charge is 0.304 e. The van der Waals surface area contributed by atoms with Crippen LogP contribution in [0, 0.1) is 29.1 Å². The summed E-state index contributed by atoms with van der Waals surface area (Å²) in [7, 11) is 0. The average molecular weight is 365 g/mol. The van der Waals surface area contributed by atoms with E-state index in [0.29, 0.717) is 29.2 Å². The van der Waals surface area contributed by atoms with Crippen LogP contribution in [-0.4, -0.2) is 18.4 Å². The van der Waals surface area contributed by atoms with Gasteiger partial charge in [-0.05, 0) is 61.9 Å². The van der Waals surface area contributed by atoms with Crippen LogP contribution in [0.15, 0.2) is 12.2 Å². The molecule has 0 aromatic carbocycles. The zero-order valence-corrected chi connectivity index (χ0v) is 17.8. The minimum Gasteiger partial charge on any atom is -0.304 e. The minimum atomic E-state index is -0.698. The highest BCUT2D eigenvalue weighted by molar-refractivity contribution is 6.09. The number of carbonyl (C=O) groups is 3. The third-order valence-electron chi connectivity index (χ3n) is 6.19. The monoisotopic (exact) mass is 364 g/mol. The van der Waals surface area contributed by atoms with Gasteiger partial charge in [0.05, 0.1) is 5.41 Å². The Hall–Kier alpha value is -1.25. The molecule has 5 atom stereocenters. The number of allylic oxidation sites excluding steroid dienone is 1. The van der Waals surface area contributed by atoms with Gasteiger partial charge in [0.2, 0.25) is 0 Å². The third-order valence-corrected chi connectivity index (χ3v) is 6.19. The number of ketones is 1. The molecule has 0 aromatic heterocycles. The van der Waals surface area contributed by atoms with Crippen molar-refractivity contribution in [2.75, 3.05) is 0 Å². The fourth-order valence-corrected chi connectivity index (χ4v) is 5.17. The van der Waals surface area contributed by atoms with Crippen molar-refractivity contribution in [2.45, 2.75) is 86.5 Å². The third kappa shape index (κ3) is 4.92. The average Bonchev–Trinajstić information content (AvgIpc) is 2.91. The van der Waals surface area contributed by atoms with Crippen molar-refractivity contribution < 1.29 is 14.4 Å². The zero-order chi connectivity index (χ0) is 20.3. The van der Waals surface area contributed by atoms with Gasteiger partial charge in [0, 0.05) is 0 Å². The molecule has 5 unspecified atom stereocenters. The lowest BCUT2D eigenvalue weighted by Gasteiger charge is -2.36. The molecule has 3 heteroatoms. The first-order valence-corrected chi connectivity index (χ1v) is 10.6. The maximum absolute atomic E-state index is 12.6. The summed E-state index contributed by atoms with van der Waals surface area (Å²) in [5, 5.41) is 0. The fraction of sp³-hybridized carbons (Fsp3) is 0.783. The van der Waals surface area contributed by atoms with Gasteiger partial charge in [-0.25, -0.2) is 0 Å². The first-order chi connectivity index (χ1) is 12.5. The molecule has 0 saturated heterocycles. The first-order valence-electron chi connectivity index (χ1n) is 10.6. The first kappa shape index (κ1) is 24.8. The highest BCUT2D eigenvalue weighted by atomic mass is 16.1. The molecule has 0 bridgehead atoms. The maximum Gasteiger partial charge on any atom is 0.171 e. The molecule has 0 spiro atoms. The topological polar surface area (TPSA) is 51.2 Å². The van der Waals surface area contributed by atoms with Gasteiger partial charge in [0.15, 0.2) is 5.78 Å². The van der Waals surface area contributed by atoms with Crippen LogP contribution in [0.2, 0.25) is 0 Å². The Morgan fingerprint density at radius 3 is 2.08 bits per heavy atom. The molecule has 3 saturated carbocycles. The standard InChI is InChI=1S/C17H24O2.C2H4O.2C2H6/c1-11-5-3-4-6-13-14(11)9-17(10-18)15(13)8-7-12(2)16(17)19;1-2-3;2*1-2/h10-11,13-15H,2-9H2,1H3;2H,1H3;2*1-2H3. The van der Waals surface area contributed by atoms with Crippen molar-refractivity contribution in [3.05, 3.63) is 12.2 Å². The van der Waals surface area contributed by atoms with E-state index in [1.807, 2.05) is 27.7 Å². The summed E-state index contributed by atoms with van der Waals surface area (Å²) in [5.41, 5.74) is -0.0107. The second kappa shape index (κ2) is 12.2. The van der Waals surface area contributed by atoms with Gasteiger partial charge in [-0.1, -0.05) is 60.5 Å². The van der Waals surface area contributed by atoms with Crippen LogP contribution in [0.5, 0.6) is 0 Å². The van der Waals surface area contributed by atoms with E-state index in [-0.39, 0.29) is 5.78 Å². The molecule has 3 nitrogen and oxygen atoms in total. The quantitative estimate of drug-likeness (QED) is 0.335. The number of aldehydes is 2. The second-order valence-corrected chi connectivity index (χ2v) is 7.27. The predicted molar refractivity (Wildman–Crippen MR) is 109 cm³/mol. The Balaban J connectivity index is 0.000000793. The molecule has 0 aliphatic heterocycles. The Morgan fingerprint density at radius 1 is 1.00 bits per heavy atom. The minimum absolute atomic E-state index is 0.0685. The summed E-state index contributed by atoms with van der Waals surface area (Å²) < 4.78 is 0. The smallest absolute Gasteiger partial charge is 0.171 e. The highest BCUT2D eigenvalue weighted by Gasteiger charge is 2.59. The van der Waals surface area contributed by atoms with Crippen molar-refractivity contribution >= 4 is 18.4 Å². The molecule has 26 heavy (non-hydrogen) atoms. The van der Waals surface area contributed by atoms with E-state index in [2.05, 4.69) is 13.5 Å². The fourth-order valence-electron chi connectivity index (χ4n) is 5.17. The van der Waals surface area contributed by atoms with Crippen LogP contribution in [0.3, 0.4) is 0 Å². The molecule has 3 aliphatic carbocycles. The molecule has 3 rings (SSSR count). The van der Waals surface area contributed by atoms with Crippen molar-refractivity contribution in [3.63, 3.8) is 0 Å². The molecular weight excluding hydrogens is 324 g/mol. The Kier molecular flexibility index (Phi) is 11.6. The number of fused-ring (bicyclic) bond motifs is 3. The van der Waals surface area contributed by atoms with Crippen LogP contribution in [-0.2, 0) is 14.4 Å². The number of hydrogen-bond acceptors (Lipinski definition) is 3. The summed E-state index contributed by atoms with van der Waals surface area (Å²) in [6, 6.07) is 0. The summed E-state index contributed by atoms with van der Waals surface area (Å²) in [4.78, 5) is 33.2. The molecule has 3 aliphatic rings. The summed E-state index contributed by atoms with van der Waals surface area (Å²) in [6.07, 6.45) is 9.40. The molecule has 0 heterocycles. The van der Waals surface area contributed by atoms with E-state index >= 15 is 0 Å². The van der Waals surface area contributed by atoms with Gasteiger partial charge in [-0.3, -0.25) is 4.79 Å². The lowest BCUT2D eigenvalue weighted by atomic mass is 9.64. The molecule has 150 valence electrons. The van der Waals surface area contributed by atoms with E-state index in [1.54, 1.807) is 0 Å². The zero-order valence-electron chi connectivity index (χ0n) is 17.8. The Morgan fingerprint density at radius 2 is 1.54 bits per heavy atom. The number of rotatable bonds is 1. The van der Waals surface area contributed by atoms with Crippen molar-refractivity contribution in [1.29, 1.82) is 0 Å². The number of hydrogen-bond donors (Lipinski definition) is 0. The van der Waals surface area contributed by atoms with Gasteiger partial charge >= 0.3 is 0 Å². The summed E-state index contributed by atoms with van der Waals surface area (Å²) in [6.45, 7) is 15.7. The molecule has 0 aromatic rings. The van der Waals surface area contributed by atoms with Gasteiger partial charge in [-0.15, -0.1) is 0 Å². The van der Waals surface area contributed by atoms with Crippen LogP contribution in [0.4, 0.5) is 0 Å². The van der Waals surface area contributed by atoms with Crippen molar-refractivity contribution in [1.82, 2.24) is 0 Å². The maximum atomic E-state index is 12.6. The molecular formula is C23H40O3. The van der Waals surface area contributed by atoms with E-state index in [1.165, 1.54) is 32.6 Å². The Bertz CT molecular complexity index is 468. The van der Waals surface area contributed by atoms with Gasteiger partial charge < -0.3 is 9.59 Å². The van der Waals surface area contributed by atoms with Crippen molar-refractivity contribution in [3.8, 4) is 0 Å². The van der Waals surface area contributed by atoms with Gasteiger partial charge in [-0.2, -0.15) is 0 Å². The summed E-state index contributed by atoms with van der Waals surface area (Å²) in [5.74, 6) is 2.20. The normalized spacial score (nSPS) is 34.8. The van der Waals surface area contributed by atoms with Gasteiger partial charge in [0.1, 0.15) is 12.6 Å². The summed E-state index contributed by atoms with van der Waals surface area (Å²) >= 11 is 0. The van der Waals surface area contributed by atoms with Crippen LogP contribution in [0.1, 0.15) is 86.5 Å². The lowest BCUT2D eigenvalue weighted by molar-refractivity contribution is -0.136. The molecule has 0 amide bonds. The van der Waals surface area contributed by atoms with Crippen LogP contribution >= 0.6 is 0 Å². The lowest BCUT2D eigenvalue weighted by Crippen LogP contribution is -2.42. The van der Waals surface area contributed by atoms with E-state index < -0.39 is 5.41 Å². The molecule has 3 fully saturated rings. The second-order valence-electron chi connectivity index (χ2n) is 7.27. The number of carbonyl (C=O) groups excluding carboxylic acids is 3. The van der Waals surface area contributed by atoms with Crippen molar-refractivity contribution in [2.24, 2.45) is 29.1 Å². The Labute approximate surface area is 161 Å². The van der Waals surface area contributed by atoms with E-state index in [0.717, 1.165) is 31.8 Å². The van der Waals surface area contributed by atoms with Crippen LogP contribution in [0.25, 0.3) is 0 Å². The molecule has 0 radical (unpaired) electrons. The number of Topliss-reactive ketones (excluding diaryl/α,β-unsaturated/α-hetero) is 1. The predicted octanol–water partition coefficient (Wildman–Crippen LogP) is 5.81. The SMILES string of the molecule is C=C1CCC2C3CCCCC(C)C3CC2(C=O)C1=O.CC.CC.CC=O. The van der Waals surface area contributed by atoms with E-state index in [4.69, 9.17) is 4.79 Å².